The number of anilines is 1. The van der Waals surface area contributed by atoms with Gasteiger partial charge in [-0.05, 0) is 32.4 Å². The molecule has 0 N–H and O–H groups in total. The highest BCUT2D eigenvalue weighted by Gasteiger charge is 2.31. The van der Waals surface area contributed by atoms with Crippen LogP contribution in [0.4, 0.5) is 5.13 Å². The van der Waals surface area contributed by atoms with Gasteiger partial charge in [0.2, 0.25) is 0 Å². The van der Waals surface area contributed by atoms with Crippen LogP contribution in [0.5, 0.6) is 0 Å². The fourth-order valence-corrected chi connectivity index (χ4v) is 5.89. The van der Waals surface area contributed by atoms with E-state index in [0.717, 1.165) is 38.2 Å². The number of nitrogens with zero attached hydrogens (tertiary/aromatic N) is 3. The van der Waals surface area contributed by atoms with Crippen molar-refractivity contribution in [1.29, 1.82) is 0 Å². The molecule has 28 heavy (non-hydrogen) atoms. The molecule has 1 fully saturated rings. The third-order valence-electron chi connectivity index (χ3n) is 5.04. The summed E-state index contributed by atoms with van der Waals surface area (Å²) in [7, 11) is 0. The summed E-state index contributed by atoms with van der Waals surface area (Å²) < 4.78 is 7.19. The predicted octanol–water partition coefficient (Wildman–Crippen LogP) is 4.81. The van der Waals surface area contributed by atoms with E-state index >= 15 is 0 Å². The Kier molecular flexibility index (Phi) is 5.66. The van der Waals surface area contributed by atoms with Crippen molar-refractivity contribution in [1.82, 2.24) is 9.88 Å². The summed E-state index contributed by atoms with van der Waals surface area (Å²) in [5.74, 6) is 0.0793. The maximum atomic E-state index is 13.2. The Labute approximate surface area is 173 Å². The summed E-state index contributed by atoms with van der Waals surface area (Å²) in [5.41, 5.74) is 1.12. The van der Waals surface area contributed by atoms with Crippen molar-refractivity contribution >= 4 is 43.2 Å². The molecule has 0 saturated carbocycles. The normalized spacial score (nSPS) is 19.9. The summed E-state index contributed by atoms with van der Waals surface area (Å²) >= 11 is 3.16. The van der Waals surface area contributed by atoms with Crippen molar-refractivity contribution < 1.29 is 9.53 Å². The van der Waals surface area contributed by atoms with Crippen LogP contribution in [-0.4, -0.2) is 48.1 Å². The van der Waals surface area contributed by atoms with E-state index in [1.54, 1.807) is 11.3 Å². The van der Waals surface area contributed by atoms with E-state index in [1.807, 2.05) is 36.1 Å². The van der Waals surface area contributed by atoms with Crippen molar-refractivity contribution in [2.75, 3.05) is 31.1 Å². The van der Waals surface area contributed by atoms with Gasteiger partial charge in [0.15, 0.2) is 5.13 Å². The molecule has 5 nitrogen and oxygen atoms in total. The van der Waals surface area contributed by atoms with E-state index in [2.05, 4.69) is 30.9 Å². The van der Waals surface area contributed by atoms with Crippen LogP contribution in [0.15, 0.2) is 36.4 Å². The lowest BCUT2D eigenvalue weighted by Gasteiger charge is -2.36. The molecule has 2 atom stereocenters. The molecule has 1 aliphatic rings. The number of hydrogen-bond acceptors (Lipinski definition) is 6. The number of carbonyl (C=O) groups excluding carboxylic acids is 1. The SMILES string of the molecule is CCN(CC)c1nc2sc(C(=O)N3C[C@@H](C)O[C@H](c4ccccc4)C3)cc2s1. The molecule has 1 aromatic carbocycles. The van der Waals surface area contributed by atoms with Crippen molar-refractivity contribution in [2.24, 2.45) is 0 Å². The molecule has 7 heteroatoms. The molecule has 4 rings (SSSR count). The van der Waals surface area contributed by atoms with Gasteiger partial charge in [-0.25, -0.2) is 4.98 Å². The Balaban J connectivity index is 1.54. The van der Waals surface area contributed by atoms with Gasteiger partial charge in [-0.15, -0.1) is 11.3 Å². The molecule has 0 radical (unpaired) electrons. The maximum absolute atomic E-state index is 13.2. The Hall–Kier alpha value is -1.96. The summed E-state index contributed by atoms with van der Waals surface area (Å²) in [6.07, 6.45) is -0.0706. The Morgan fingerprint density at radius 3 is 2.64 bits per heavy atom. The highest BCUT2D eigenvalue weighted by molar-refractivity contribution is 7.29. The lowest BCUT2D eigenvalue weighted by molar-refractivity contribution is -0.0690. The number of ether oxygens (including phenoxy) is 1. The third kappa shape index (κ3) is 3.79. The van der Waals surface area contributed by atoms with E-state index in [4.69, 9.17) is 9.72 Å². The molecule has 0 spiro atoms. The van der Waals surface area contributed by atoms with Gasteiger partial charge in [0.05, 0.1) is 22.2 Å². The highest BCUT2D eigenvalue weighted by Crippen LogP contribution is 2.36. The number of rotatable bonds is 5. The zero-order valence-electron chi connectivity index (χ0n) is 16.4. The number of hydrogen-bond donors (Lipinski definition) is 0. The molecule has 1 amide bonds. The molecule has 148 valence electrons. The molecule has 0 unspecified atom stereocenters. The second-order valence-electron chi connectivity index (χ2n) is 7.00. The summed E-state index contributed by atoms with van der Waals surface area (Å²) in [6.45, 7) is 9.38. The van der Waals surface area contributed by atoms with E-state index in [-0.39, 0.29) is 18.1 Å². The van der Waals surface area contributed by atoms with E-state index in [1.165, 1.54) is 11.3 Å². The van der Waals surface area contributed by atoms with Crippen LogP contribution in [0.3, 0.4) is 0 Å². The fourth-order valence-electron chi connectivity index (χ4n) is 3.58. The number of carbonyl (C=O) groups is 1. The van der Waals surface area contributed by atoms with E-state index < -0.39 is 0 Å². The topological polar surface area (TPSA) is 45.7 Å². The van der Waals surface area contributed by atoms with Gasteiger partial charge >= 0.3 is 0 Å². The molecule has 1 aliphatic heterocycles. The number of morpholine rings is 1. The van der Waals surface area contributed by atoms with Crippen LogP contribution in [0, 0.1) is 0 Å². The lowest BCUT2D eigenvalue weighted by atomic mass is 10.1. The first kappa shape index (κ1) is 19.4. The monoisotopic (exact) mass is 415 g/mol. The van der Waals surface area contributed by atoms with E-state index in [0.29, 0.717) is 13.1 Å². The number of benzene rings is 1. The van der Waals surface area contributed by atoms with Crippen molar-refractivity contribution in [3.8, 4) is 0 Å². The average molecular weight is 416 g/mol. The quantitative estimate of drug-likeness (QED) is 0.600. The van der Waals surface area contributed by atoms with Gasteiger partial charge in [0.25, 0.3) is 5.91 Å². The molecule has 0 aliphatic carbocycles. The standard InChI is InChI=1S/C21H25N3O2S2/c1-4-23(5-2)21-22-19-17(28-21)11-18(27-19)20(25)24-12-14(3)26-16(13-24)15-9-7-6-8-10-15/h6-11,14,16H,4-5,12-13H2,1-3H3/t14-,16+/m1/s1. The van der Waals surface area contributed by atoms with Gasteiger partial charge in [-0.1, -0.05) is 41.7 Å². The molecule has 2 aromatic heterocycles. The van der Waals surface area contributed by atoms with Crippen LogP contribution < -0.4 is 4.90 Å². The zero-order valence-corrected chi connectivity index (χ0v) is 18.1. The second kappa shape index (κ2) is 8.19. The van der Waals surface area contributed by atoms with Crippen molar-refractivity contribution in [2.45, 2.75) is 33.0 Å². The van der Waals surface area contributed by atoms with Crippen LogP contribution in [-0.2, 0) is 4.74 Å². The van der Waals surface area contributed by atoms with Crippen LogP contribution in [0.1, 0.15) is 42.1 Å². The van der Waals surface area contributed by atoms with Crippen LogP contribution in [0.25, 0.3) is 9.53 Å². The Morgan fingerprint density at radius 1 is 1.21 bits per heavy atom. The third-order valence-corrected chi connectivity index (χ3v) is 7.25. The molecule has 1 saturated heterocycles. The minimum Gasteiger partial charge on any atom is -0.367 e. The fraction of sp³-hybridized carbons (Fsp3) is 0.429. The maximum Gasteiger partial charge on any atom is 0.264 e. The summed E-state index contributed by atoms with van der Waals surface area (Å²) in [6, 6.07) is 12.1. The molecule has 3 heterocycles. The van der Waals surface area contributed by atoms with Crippen LogP contribution in [0.2, 0.25) is 0 Å². The summed E-state index contributed by atoms with van der Waals surface area (Å²) in [5, 5.41) is 1.04. The molecular formula is C21H25N3O2S2. The molecule has 3 aromatic rings. The smallest absolute Gasteiger partial charge is 0.264 e. The highest BCUT2D eigenvalue weighted by atomic mass is 32.1. The largest absolute Gasteiger partial charge is 0.367 e. The first-order valence-corrected chi connectivity index (χ1v) is 11.4. The predicted molar refractivity (Wildman–Crippen MR) is 117 cm³/mol. The zero-order chi connectivity index (χ0) is 19.7. The Bertz CT molecular complexity index is 918. The second-order valence-corrected chi connectivity index (χ2v) is 9.04. The minimum atomic E-state index is -0.0811. The number of thiazole rings is 1. The Morgan fingerprint density at radius 2 is 1.96 bits per heavy atom. The van der Waals surface area contributed by atoms with Gasteiger partial charge in [-0.3, -0.25) is 4.79 Å². The number of amides is 1. The van der Waals surface area contributed by atoms with Gasteiger partial charge in [0.1, 0.15) is 10.9 Å². The van der Waals surface area contributed by atoms with Crippen molar-refractivity contribution in [3.63, 3.8) is 0 Å². The average Bonchev–Trinajstić information content (AvgIpc) is 3.28. The molecule has 0 bridgehead atoms. The van der Waals surface area contributed by atoms with Gasteiger partial charge in [0, 0.05) is 19.6 Å². The first-order chi connectivity index (χ1) is 13.6. The number of thiophene rings is 1. The minimum absolute atomic E-state index is 0.0105. The lowest BCUT2D eigenvalue weighted by Crippen LogP contribution is -2.45. The number of aromatic nitrogens is 1. The molecular weight excluding hydrogens is 390 g/mol. The van der Waals surface area contributed by atoms with Gasteiger partial charge in [-0.2, -0.15) is 0 Å². The van der Waals surface area contributed by atoms with Gasteiger partial charge < -0.3 is 14.5 Å². The first-order valence-electron chi connectivity index (χ1n) is 9.74. The van der Waals surface area contributed by atoms with E-state index in [9.17, 15) is 4.79 Å². The van der Waals surface area contributed by atoms with Crippen molar-refractivity contribution in [3.05, 3.63) is 46.8 Å². The summed E-state index contributed by atoms with van der Waals surface area (Å²) in [4.78, 5) is 23.8. The number of fused-ring (bicyclic) bond motifs is 1. The van der Waals surface area contributed by atoms with Crippen LogP contribution >= 0.6 is 22.7 Å².